The SMILES string of the molecule is C=C1NCC2CC(C(C)C/C=C\C)=CCC12. The predicted molar refractivity (Wildman–Crippen MR) is 70.0 cm³/mol. The fourth-order valence-electron chi connectivity index (χ4n) is 2.93. The van der Waals surface area contributed by atoms with Gasteiger partial charge in [0.1, 0.15) is 0 Å². The summed E-state index contributed by atoms with van der Waals surface area (Å²) in [5.74, 6) is 2.23. The minimum atomic E-state index is 0.706. The van der Waals surface area contributed by atoms with Crippen molar-refractivity contribution < 1.29 is 0 Å². The summed E-state index contributed by atoms with van der Waals surface area (Å²) in [6.45, 7) is 9.69. The molecule has 3 atom stereocenters. The van der Waals surface area contributed by atoms with Gasteiger partial charge in [0.15, 0.2) is 0 Å². The Morgan fingerprint density at radius 1 is 1.62 bits per heavy atom. The van der Waals surface area contributed by atoms with Gasteiger partial charge in [-0.1, -0.05) is 37.3 Å². The Morgan fingerprint density at radius 3 is 3.19 bits per heavy atom. The summed E-state index contributed by atoms with van der Waals surface area (Å²) >= 11 is 0. The molecule has 0 aromatic carbocycles. The molecule has 1 aliphatic carbocycles. The van der Waals surface area contributed by atoms with E-state index in [9.17, 15) is 0 Å². The molecule has 1 heterocycles. The first-order valence-electron chi connectivity index (χ1n) is 6.45. The second kappa shape index (κ2) is 4.90. The van der Waals surface area contributed by atoms with Gasteiger partial charge in [0.2, 0.25) is 0 Å². The lowest BCUT2D eigenvalue weighted by molar-refractivity contribution is 0.399. The van der Waals surface area contributed by atoms with Crippen molar-refractivity contribution in [1.29, 1.82) is 0 Å². The molecule has 88 valence electrons. The Balaban J connectivity index is 1.98. The zero-order chi connectivity index (χ0) is 11.5. The maximum absolute atomic E-state index is 4.11. The van der Waals surface area contributed by atoms with Crippen LogP contribution in [0.3, 0.4) is 0 Å². The van der Waals surface area contributed by atoms with E-state index < -0.39 is 0 Å². The van der Waals surface area contributed by atoms with Crippen LogP contribution in [-0.2, 0) is 0 Å². The van der Waals surface area contributed by atoms with Crippen molar-refractivity contribution in [2.75, 3.05) is 6.54 Å². The molecule has 0 radical (unpaired) electrons. The van der Waals surface area contributed by atoms with E-state index in [1.807, 2.05) is 0 Å². The molecule has 2 aliphatic rings. The lowest BCUT2D eigenvalue weighted by Gasteiger charge is -2.27. The molecule has 0 saturated carbocycles. The Hall–Kier alpha value is -0.980. The lowest BCUT2D eigenvalue weighted by Crippen LogP contribution is -2.18. The fraction of sp³-hybridized carbons (Fsp3) is 0.600. The average molecular weight is 217 g/mol. The van der Waals surface area contributed by atoms with Crippen molar-refractivity contribution in [1.82, 2.24) is 5.32 Å². The van der Waals surface area contributed by atoms with Crippen molar-refractivity contribution in [3.8, 4) is 0 Å². The zero-order valence-corrected chi connectivity index (χ0v) is 10.5. The van der Waals surface area contributed by atoms with Crippen molar-refractivity contribution in [3.63, 3.8) is 0 Å². The number of rotatable bonds is 3. The van der Waals surface area contributed by atoms with E-state index >= 15 is 0 Å². The molecule has 1 nitrogen and oxygen atoms in total. The van der Waals surface area contributed by atoms with Gasteiger partial charge in [0.25, 0.3) is 0 Å². The van der Waals surface area contributed by atoms with Gasteiger partial charge in [-0.2, -0.15) is 0 Å². The van der Waals surface area contributed by atoms with Gasteiger partial charge in [-0.15, -0.1) is 0 Å². The van der Waals surface area contributed by atoms with Gasteiger partial charge in [-0.3, -0.25) is 0 Å². The van der Waals surface area contributed by atoms with Crippen LogP contribution in [0.4, 0.5) is 0 Å². The molecule has 0 aromatic heterocycles. The summed E-state index contributed by atoms with van der Waals surface area (Å²) in [6.07, 6.45) is 10.6. The largest absolute Gasteiger partial charge is 0.388 e. The monoisotopic (exact) mass is 217 g/mol. The summed E-state index contributed by atoms with van der Waals surface area (Å²) in [5, 5.41) is 3.42. The van der Waals surface area contributed by atoms with E-state index in [-0.39, 0.29) is 0 Å². The first-order valence-corrected chi connectivity index (χ1v) is 6.45. The van der Waals surface area contributed by atoms with Gasteiger partial charge in [0.05, 0.1) is 0 Å². The molecular weight excluding hydrogens is 194 g/mol. The van der Waals surface area contributed by atoms with Crippen molar-refractivity contribution in [3.05, 3.63) is 36.1 Å². The van der Waals surface area contributed by atoms with Crippen molar-refractivity contribution in [2.45, 2.75) is 33.1 Å². The van der Waals surface area contributed by atoms with Gasteiger partial charge < -0.3 is 5.32 Å². The highest BCUT2D eigenvalue weighted by molar-refractivity contribution is 5.20. The van der Waals surface area contributed by atoms with E-state index in [2.05, 4.69) is 44.0 Å². The minimum Gasteiger partial charge on any atom is -0.388 e. The van der Waals surface area contributed by atoms with Crippen LogP contribution in [0.25, 0.3) is 0 Å². The zero-order valence-electron chi connectivity index (χ0n) is 10.5. The molecule has 16 heavy (non-hydrogen) atoms. The Bertz CT molecular complexity index is 324. The van der Waals surface area contributed by atoms with E-state index in [0.29, 0.717) is 11.8 Å². The maximum atomic E-state index is 4.11. The molecule has 1 fully saturated rings. The number of fused-ring (bicyclic) bond motifs is 1. The molecule has 0 bridgehead atoms. The highest BCUT2D eigenvalue weighted by Crippen LogP contribution is 2.39. The highest BCUT2D eigenvalue weighted by Gasteiger charge is 2.33. The first kappa shape index (κ1) is 11.5. The topological polar surface area (TPSA) is 12.0 Å². The second-order valence-corrected chi connectivity index (χ2v) is 5.20. The molecule has 0 spiro atoms. The molecule has 1 heteroatoms. The number of allylic oxidation sites excluding steroid dienone is 5. The quantitative estimate of drug-likeness (QED) is 0.711. The molecule has 0 amide bonds. The van der Waals surface area contributed by atoms with Crippen LogP contribution in [0.2, 0.25) is 0 Å². The van der Waals surface area contributed by atoms with Gasteiger partial charge in [0, 0.05) is 18.2 Å². The Labute approximate surface area is 99.3 Å². The van der Waals surface area contributed by atoms with Crippen LogP contribution in [0.1, 0.15) is 33.1 Å². The first-order chi connectivity index (χ1) is 7.72. The number of hydrogen-bond acceptors (Lipinski definition) is 1. The van der Waals surface area contributed by atoms with Crippen LogP contribution in [0.5, 0.6) is 0 Å². The van der Waals surface area contributed by atoms with E-state index in [1.54, 1.807) is 5.57 Å². The van der Waals surface area contributed by atoms with Gasteiger partial charge >= 0.3 is 0 Å². The van der Waals surface area contributed by atoms with Crippen LogP contribution >= 0.6 is 0 Å². The second-order valence-electron chi connectivity index (χ2n) is 5.20. The fourth-order valence-corrected chi connectivity index (χ4v) is 2.93. The van der Waals surface area contributed by atoms with Gasteiger partial charge in [-0.05, 0) is 38.0 Å². The van der Waals surface area contributed by atoms with E-state index in [1.165, 1.54) is 25.0 Å². The van der Waals surface area contributed by atoms with Crippen LogP contribution in [-0.4, -0.2) is 6.54 Å². The third kappa shape index (κ3) is 2.23. The molecule has 1 saturated heterocycles. The maximum Gasteiger partial charge on any atom is 0.0181 e. The normalized spacial score (nSPS) is 31.1. The molecule has 1 aliphatic heterocycles. The predicted octanol–water partition coefficient (Wildman–Crippen LogP) is 3.66. The molecule has 0 aromatic rings. The molecule has 2 rings (SSSR count). The van der Waals surface area contributed by atoms with Crippen LogP contribution < -0.4 is 5.32 Å². The molecular formula is C15H23N. The van der Waals surface area contributed by atoms with E-state index in [4.69, 9.17) is 0 Å². The summed E-state index contributed by atoms with van der Waals surface area (Å²) in [4.78, 5) is 0. The van der Waals surface area contributed by atoms with Crippen molar-refractivity contribution >= 4 is 0 Å². The Morgan fingerprint density at radius 2 is 2.44 bits per heavy atom. The summed E-state index contributed by atoms with van der Waals surface area (Å²) in [7, 11) is 0. The third-order valence-electron chi connectivity index (χ3n) is 4.10. The third-order valence-corrected chi connectivity index (χ3v) is 4.10. The standard InChI is InChI=1S/C15H23N/c1-4-5-6-11(2)13-7-8-15-12(3)16-10-14(15)9-13/h4-5,7,11,14-16H,3,6,8-10H2,1-2H3/b5-4-. The number of hydrogen-bond donors (Lipinski definition) is 1. The Kier molecular flexibility index (Phi) is 3.52. The van der Waals surface area contributed by atoms with Crippen LogP contribution in [0, 0.1) is 17.8 Å². The average Bonchev–Trinajstić information content (AvgIpc) is 2.67. The number of nitrogens with one attached hydrogen (secondary N) is 1. The summed E-state index contributed by atoms with van der Waals surface area (Å²) in [5.41, 5.74) is 2.93. The van der Waals surface area contributed by atoms with Gasteiger partial charge in [-0.25, -0.2) is 0 Å². The smallest absolute Gasteiger partial charge is 0.0181 e. The van der Waals surface area contributed by atoms with Crippen LogP contribution in [0.15, 0.2) is 36.1 Å². The minimum absolute atomic E-state index is 0.706. The molecule has 1 N–H and O–H groups in total. The highest BCUT2D eigenvalue weighted by atomic mass is 14.9. The summed E-state index contributed by atoms with van der Waals surface area (Å²) in [6, 6.07) is 0. The summed E-state index contributed by atoms with van der Waals surface area (Å²) < 4.78 is 0. The molecule has 3 unspecified atom stereocenters. The van der Waals surface area contributed by atoms with E-state index in [0.717, 1.165) is 12.5 Å². The van der Waals surface area contributed by atoms with Crippen molar-refractivity contribution in [2.24, 2.45) is 17.8 Å². The lowest BCUT2D eigenvalue weighted by atomic mass is 9.77.